The molecule has 15 heavy (non-hydrogen) atoms. The van der Waals surface area contributed by atoms with E-state index in [9.17, 15) is 4.79 Å². The minimum atomic E-state index is -0.314. The lowest BCUT2D eigenvalue weighted by atomic mass is 10.2. The Balaban J connectivity index is 2.20. The van der Waals surface area contributed by atoms with Crippen LogP contribution >= 0.6 is 11.8 Å². The van der Waals surface area contributed by atoms with Crippen molar-refractivity contribution in [2.75, 3.05) is 12.3 Å². The van der Waals surface area contributed by atoms with Crippen LogP contribution < -0.4 is 11.4 Å². The van der Waals surface area contributed by atoms with E-state index < -0.39 is 0 Å². The van der Waals surface area contributed by atoms with Gasteiger partial charge in [-0.25, -0.2) is 4.79 Å². The largest absolute Gasteiger partial charge is 0.395 e. The number of anilines is 1. The van der Waals surface area contributed by atoms with Gasteiger partial charge in [-0.3, -0.25) is 4.57 Å². The van der Waals surface area contributed by atoms with Crippen molar-refractivity contribution >= 4 is 17.6 Å². The number of nitrogens with zero attached hydrogens (tertiary/aromatic N) is 2. The maximum atomic E-state index is 11.5. The Morgan fingerprint density at radius 1 is 1.67 bits per heavy atom. The standard InChI is InChI=1S/C9H13N3O2S/c10-7-3-4-12(9(14)11-7)8-2-1-6(5-13)15-8/h3-4,6,8,13H,1-2,5H2,(H2,10,11,14)/t6-,8+/m0/s1. The van der Waals surface area contributed by atoms with Crippen LogP contribution in [0.5, 0.6) is 0 Å². The molecule has 1 aromatic heterocycles. The molecule has 2 heterocycles. The van der Waals surface area contributed by atoms with Crippen LogP contribution in [-0.4, -0.2) is 26.5 Å². The molecule has 0 aliphatic carbocycles. The number of aliphatic hydroxyl groups excluding tert-OH is 1. The van der Waals surface area contributed by atoms with Crippen molar-refractivity contribution in [3.63, 3.8) is 0 Å². The monoisotopic (exact) mass is 227 g/mol. The van der Waals surface area contributed by atoms with Gasteiger partial charge in [-0.15, -0.1) is 11.8 Å². The molecule has 0 saturated carbocycles. The van der Waals surface area contributed by atoms with Crippen LogP contribution in [0.3, 0.4) is 0 Å². The average Bonchev–Trinajstić information content (AvgIpc) is 2.66. The first-order valence-electron chi connectivity index (χ1n) is 4.81. The molecule has 5 nitrogen and oxygen atoms in total. The molecule has 1 fully saturated rings. The van der Waals surface area contributed by atoms with E-state index in [2.05, 4.69) is 4.98 Å². The maximum absolute atomic E-state index is 11.5. The second-order valence-corrected chi connectivity index (χ2v) is 5.00. The zero-order chi connectivity index (χ0) is 10.8. The summed E-state index contributed by atoms with van der Waals surface area (Å²) in [6.45, 7) is 0.165. The zero-order valence-corrected chi connectivity index (χ0v) is 8.98. The van der Waals surface area contributed by atoms with E-state index in [1.54, 1.807) is 28.6 Å². The third kappa shape index (κ3) is 2.15. The molecule has 1 aliphatic heterocycles. The molecular weight excluding hydrogens is 214 g/mol. The third-order valence-corrected chi connectivity index (χ3v) is 4.00. The number of rotatable bonds is 2. The zero-order valence-electron chi connectivity index (χ0n) is 8.17. The fourth-order valence-corrected chi connectivity index (χ4v) is 3.04. The van der Waals surface area contributed by atoms with Crippen LogP contribution in [0.25, 0.3) is 0 Å². The third-order valence-electron chi connectivity index (χ3n) is 2.45. The number of hydrogen-bond acceptors (Lipinski definition) is 5. The summed E-state index contributed by atoms with van der Waals surface area (Å²) in [5.74, 6) is 0.248. The lowest BCUT2D eigenvalue weighted by Crippen LogP contribution is -2.24. The Kier molecular flexibility index (Phi) is 2.97. The van der Waals surface area contributed by atoms with Crippen LogP contribution in [0.1, 0.15) is 18.2 Å². The molecule has 1 aromatic rings. The minimum absolute atomic E-state index is 0.0859. The highest BCUT2D eigenvalue weighted by Crippen LogP contribution is 2.40. The molecule has 1 aliphatic rings. The second-order valence-electron chi connectivity index (χ2n) is 3.51. The van der Waals surface area contributed by atoms with E-state index in [0.29, 0.717) is 0 Å². The molecule has 0 radical (unpaired) electrons. The summed E-state index contributed by atoms with van der Waals surface area (Å²) in [5, 5.41) is 9.32. The van der Waals surface area contributed by atoms with Crippen molar-refractivity contribution < 1.29 is 5.11 Å². The van der Waals surface area contributed by atoms with Crippen molar-refractivity contribution in [2.24, 2.45) is 0 Å². The Morgan fingerprint density at radius 2 is 2.47 bits per heavy atom. The summed E-state index contributed by atoms with van der Waals surface area (Å²) in [5.41, 5.74) is 5.09. The Morgan fingerprint density at radius 3 is 3.07 bits per heavy atom. The van der Waals surface area contributed by atoms with Crippen LogP contribution in [0.2, 0.25) is 0 Å². The smallest absolute Gasteiger partial charge is 0.350 e. The van der Waals surface area contributed by atoms with Gasteiger partial charge >= 0.3 is 5.69 Å². The van der Waals surface area contributed by atoms with E-state index in [4.69, 9.17) is 10.8 Å². The van der Waals surface area contributed by atoms with E-state index >= 15 is 0 Å². The van der Waals surface area contributed by atoms with Gasteiger partial charge in [-0.05, 0) is 18.9 Å². The molecule has 2 atom stereocenters. The van der Waals surface area contributed by atoms with E-state index in [1.165, 1.54) is 0 Å². The summed E-state index contributed by atoms with van der Waals surface area (Å²) in [6.07, 6.45) is 3.49. The highest BCUT2D eigenvalue weighted by molar-refractivity contribution is 8.00. The van der Waals surface area contributed by atoms with Crippen LogP contribution in [0.4, 0.5) is 5.82 Å². The molecule has 1 saturated heterocycles. The summed E-state index contributed by atoms with van der Waals surface area (Å²) in [7, 11) is 0. The highest BCUT2D eigenvalue weighted by Gasteiger charge is 2.26. The van der Waals surface area contributed by atoms with Gasteiger partial charge in [-0.2, -0.15) is 4.98 Å². The van der Waals surface area contributed by atoms with Gasteiger partial charge in [0.1, 0.15) is 5.82 Å². The molecule has 0 amide bonds. The van der Waals surface area contributed by atoms with E-state index in [-0.39, 0.29) is 28.7 Å². The number of nitrogens with two attached hydrogens (primary N) is 1. The molecule has 0 unspecified atom stereocenters. The van der Waals surface area contributed by atoms with Crippen molar-refractivity contribution in [1.82, 2.24) is 9.55 Å². The number of aliphatic hydroxyl groups is 1. The SMILES string of the molecule is Nc1ccn([C@H]2CC[C@@H](CO)S2)c(=O)n1. The van der Waals surface area contributed by atoms with E-state index in [1.807, 2.05) is 0 Å². The summed E-state index contributed by atoms with van der Waals surface area (Å²) in [6, 6.07) is 1.62. The first-order valence-corrected chi connectivity index (χ1v) is 5.76. The number of nitrogen functional groups attached to an aromatic ring is 1. The van der Waals surface area contributed by atoms with Gasteiger partial charge in [0.15, 0.2) is 0 Å². The average molecular weight is 227 g/mol. The molecule has 0 bridgehead atoms. The van der Waals surface area contributed by atoms with Gasteiger partial charge in [0.2, 0.25) is 0 Å². The van der Waals surface area contributed by atoms with E-state index in [0.717, 1.165) is 12.8 Å². The fraction of sp³-hybridized carbons (Fsp3) is 0.556. The van der Waals surface area contributed by atoms with Gasteiger partial charge in [0.05, 0.1) is 12.0 Å². The van der Waals surface area contributed by atoms with Gasteiger partial charge in [-0.1, -0.05) is 0 Å². The highest BCUT2D eigenvalue weighted by atomic mass is 32.2. The Bertz CT molecular complexity index is 407. The summed E-state index contributed by atoms with van der Waals surface area (Å²) in [4.78, 5) is 15.2. The minimum Gasteiger partial charge on any atom is -0.395 e. The van der Waals surface area contributed by atoms with Crippen molar-refractivity contribution in [3.05, 3.63) is 22.7 Å². The van der Waals surface area contributed by atoms with Crippen molar-refractivity contribution in [2.45, 2.75) is 23.5 Å². The molecule has 2 rings (SSSR count). The van der Waals surface area contributed by atoms with Gasteiger partial charge in [0, 0.05) is 11.4 Å². The first-order chi connectivity index (χ1) is 7.20. The predicted octanol–water partition coefficient (Wildman–Crippen LogP) is 0.212. The van der Waals surface area contributed by atoms with Gasteiger partial charge < -0.3 is 10.8 Å². The number of aromatic nitrogens is 2. The maximum Gasteiger partial charge on any atom is 0.350 e. The summed E-state index contributed by atoms with van der Waals surface area (Å²) >= 11 is 1.62. The quantitative estimate of drug-likeness (QED) is 0.755. The number of hydrogen-bond donors (Lipinski definition) is 2. The predicted molar refractivity (Wildman–Crippen MR) is 59.6 cm³/mol. The Hall–Kier alpha value is -1.01. The lowest BCUT2D eigenvalue weighted by molar-refractivity contribution is 0.292. The fourth-order valence-electron chi connectivity index (χ4n) is 1.67. The second kappa shape index (κ2) is 4.24. The van der Waals surface area contributed by atoms with Crippen molar-refractivity contribution in [1.29, 1.82) is 0 Å². The Labute approximate surface area is 91.3 Å². The molecule has 82 valence electrons. The molecule has 3 N–H and O–H groups in total. The molecule has 6 heteroatoms. The van der Waals surface area contributed by atoms with Crippen LogP contribution in [0.15, 0.2) is 17.1 Å². The van der Waals surface area contributed by atoms with Crippen molar-refractivity contribution in [3.8, 4) is 0 Å². The van der Waals surface area contributed by atoms with Crippen LogP contribution in [-0.2, 0) is 0 Å². The summed E-state index contributed by atoms with van der Waals surface area (Å²) < 4.78 is 1.58. The topological polar surface area (TPSA) is 81.1 Å². The normalized spacial score (nSPS) is 25.7. The molecule has 0 aromatic carbocycles. The van der Waals surface area contributed by atoms with Gasteiger partial charge in [0.25, 0.3) is 0 Å². The van der Waals surface area contributed by atoms with Crippen LogP contribution in [0, 0.1) is 0 Å². The molecular formula is C9H13N3O2S. The molecule has 0 spiro atoms. The lowest BCUT2D eigenvalue weighted by Gasteiger charge is -2.12. The first kappa shape index (κ1) is 10.5. The number of thioether (sulfide) groups is 1.